The van der Waals surface area contributed by atoms with Crippen molar-refractivity contribution in [3.63, 3.8) is 0 Å². The number of ether oxygens (including phenoxy) is 1. The number of para-hydroxylation sites is 1. The van der Waals surface area contributed by atoms with Crippen LogP contribution in [0.5, 0.6) is 11.5 Å². The molecule has 1 amide bonds. The highest BCUT2D eigenvalue weighted by molar-refractivity contribution is 6.07. The van der Waals surface area contributed by atoms with Gasteiger partial charge in [0.2, 0.25) is 0 Å². The molecule has 8 heteroatoms. The minimum Gasteiger partial charge on any atom is -0.457 e. The van der Waals surface area contributed by atoms with Crippen LogP contribution in [0.15, 0.2) is 64.2 Å². The number of carbonyl (C=O) groups excluding carboxylic acids is 1. The van der Waals surface area contributed by atoms with E-state index in [0.29, 0.717) is 23.6 Å². The van der Waals surface area contributed by atoms with Crippen LogP contribution >= 0.6 is 0 Å². The fraction of sp³-hybridized carbons (Fsp3) is 0.261. The second-order valence-corrected chi connectivity index (χ2v) is 6.99. The molecule has 0 bridgehead atoms. The molecule has 0 aliphatic carbocycles. The zero-order chi connectivity index (χ0) is 22.4. The Kier molecular flexibility index (Phi) is 6.92. The van der Waals surface area contributed by atoms with Gasteiger partial charge < -0.3 is 15.4 Å². The molecule has 0 aliphatic heterocycles. The minimum absolute atomic E-state index is 0.0126. The lowest BCUT2D eigenvalue weighted by Crippen LogP contribution is -2.41. The molecule has 31 heavy (non-hydrogen) atoms. The quantitative estimate of drug-likeness (QED) is 0.578. The topological polar surface area (TPSA) is 110 Å². The Balaban J connectivity index is 1.90. The first-order valence-electron chi connectivity index (χ1n) is 10.2. The van der Waals surface area contributed by atoms with Crippen molar-refractivity contribution < 1.29 is 9.53 Å². The summed E-state index contributed by atoms with van der Waals surface area (Å²) in [4.78, 5) is 41.4. The van der Waals surface area contributed by atoms with Crippen LogP contribution < -0.4 is 26.6 Å². The number of nitrogens with zero attached hydrogens (tertiary/aromatic N) is 2. The summed E-state index contributed by atoms with van der Waals surface area (Å²) in [5.41, 5.74) is 5.24. The Hall–Kier alpha value is -3.81. The van der Waals surface area contributed by atoms with Gasteiger partial charge in [0.15, 0.2) is 5.69 Å². The molecule has 0 spiro atoms. The summed E-state index contributed by atoms with van der Waals surface area (Å²) in [6, 6.07) is 15.9. The van der Waals surface area contributed by atoms with E-state index in [2.05, 4.69) is 4.98 Å². The largest absolute Gasteiger partial charge is 0.457 e. The highest BCUT2D eigenvalue weighted by atomic mass is 16.5. The molecule has 0 atom stereocenters. The van der Waals surface area contributed by atoms with E-state index in [-0.39, 0.29) is 18.1 Å². The smallest absolute Gasteiger partial charge is 0.330 e. The van der Waals surface area contributed by atoms with Gasteiger partial charge in [-0.1, -0.05) is 31.5 Å². The first-order chi connectivity index (χ1) is 15.0. The number of unbranched alkanes of at least 4 members (excludes halogenated alkanes) is 1. The molecule has 0 aliphatic rings. The number of carbonyl (C=O) groups is 1. The van der Waals surface area contributed by atoms with Crippen molar-refractivity contribution in [2.45, 2.75) is 33.2 Å². The zero-order valence-electron chi connectivity index (χ0n) is 17.6. The van der Waals surface area contributed by atoms with E-state index in [1.54, 1.807) is 31.2 Å². The van der Waals surface area contributed by atoms with Gasteiger partial charge in [0.05, 0.1) is 0 Å². The van der Waals surface area contributed by atoms with E-state index < -0.39 is 17.2 Å². The van der Waals surface area contributed by atoms with Gasteiger partial charge >= 0.3 is 5.69 Å². The van der Waals surface area contributed by atoms with E-state index in [0.717, 1.165) is 12.8 Å². The molecule has 0 radical (unpaired) electrons. The third-order valence-electron chi connectivity index (χ3n) is 4.86. The molecule has 0 saturated carbocycles. The van der Waals surface area contributed by atoms with Gasteiger partial charge in [0, 0.05) is 18.7 Å². The molecule has 0 unspecified atom stereocenters. The minimum atomic E-state index is -0.686. The third kappa shape index (κ3) is 4.85. The van der Waals surface area contributed by atoms with Crippen molar-refractivity contribution in [1.29, 1.82) is 0 Å². The fourth-order valence-corrected chi connectivity index (χ4v) is 3.23. The average molecular weight is 422 g/mol. The molecule has 3 N–H and O–H groups in total. The molecular weight excluding hydrogens is 396 g/mol. The van der Waals surface area contributed by atoms with E-state index in [9.17, 15) is 14.4 Å². The summed E-state index contributed by atoms with van der Waals surface area (Å²) < 4.78 is 7.05. The van der Waals surface area contributed by atoms with Gasteiger partial charge in [0.1, 0.15) is 17.3 Å². The predicted molar refractivity (Wildman–Crippen MR) is 121 cm³/mol. The van der Waals surface area contributed by atoms with Crippen LogP contribution in [0.4, 0.5) is 11.5 Å². The van der Waals surface area contributed by atoms with Crippen LogP contribution in [0.25, 0.3) is 0 Å². The number of hydrogen-bond acceptors (Lipinski definition) is 5. The molecule has 0 fully saturated rings. The number of amides is 1. The normalized spacial score (nSPS) is 10.6. The first-order valence-corrected chi connectivity index (χ1v) is 10.2. The highest BCUT2D eigenvalue weighted by Crippen LogP contribution is 2.23. The van der Waals surface area contributed by atoms with Gasteiger partial charge in [-0.15, -0.1) is 0 Å². The molecule has 3 aromatic rings. The van der Waals surface area contributed by atoms with Gasteiger partial charge in [-0.2, -0.15) is 0 Å². The Bertz CT molecular complexity index is 1150. The third-order valence-corrected chi connectivity index (χ3v) is 4.86. The van der Waals surface area contributed by atoms with Gasteiger partial charge in [0.25, 0.3) is 11.5 Å². The lowest BCUT2D eigenvalue weighted by Gasteiger charge is -2.23. The summed E-state index contributed by atoms with van der Waals surface area (Å²) in [7, 11) is 0. The number of aromatic nitrogens is 2. The molecule has 1 aromatic heterocycles. The number of hydrogen-bond donors (Lipinski definition) is 2. The summed E-state index contributed by atoms with van der Waals surface area (Å²) in [6.07, 6.45) is 1.58. The Labute approximate surface area is 179 Å². The second-order valence-electron chi connectivity index (χ2n) is 6.99. The van der Waals surface area contributed by atoms with Gasteiger partial charge in [-0.25, -0.2) is 4.79 Å². The van der Waals surface area contributed by atoms with Crippen LogP contribution in [-0.4, -0.2) is 22.0 Å². The van der Waals surface area contributed by atoms with E-state index in [4.69, 9.17) is 10.5 Å². The van der Waals surface area contributed by atoms with Crippen LogP contribution in [0.3, 0.4) is 0 Å². The molecule has 3 rings (SSSR count). The monoisotopic (exact) mass is 422 g/mol. The molecule has 8 nitrogen and oxygen atoms in total. The number of anilines is 2. The summed E-state index contributed by atoms with van der Waals surface area (Å²) in [6.45, 7) is 4.30. The van der Waals surface area contributed by atoms with Crippen molar-refractivity contribution in [3.8, 4) is 11.5 Å². The van der Waals surface area contributed by atoms with E-state index in [1.807, 2.05) is 37.3 Å². The van der Waals surface area contributed by atoms with Gasteiger partial charge in [-0.3, -0.25) is 19.1 Å². The molecular formula is C23H26N4O4. The number of nitrogen functional groups attached to an aromatic ring is 1. The summed E-state index contributed by atoms with van der Waals surface area (Å²) in [5, 5.41) is 0. The van der Waals surface area contributed by atoms with Crippen molar-refractivity contribution in [2.24, 2.45) is 0 Å². The van der Waals surface area contributed by atoms with Crippen LogP contribution in [-0.2, 0) is 6.54 Å². The highest BCUT2D eigenvalue weighted by Gasteiger charge is 2.24. The van der Waals surface area contributed by atoms with Gasteiger partial charge in [-0.05, 0) is 49.7 Å². The van der Waals surface area contributed by atoms with Crippen LogP contribution in [0, 0.1) is 0 Å². The number of benzene rings is 2. The molecule has 0 saturated heterocycles. The SMILES string of the molecule is CCCCn1c(N)c(N(CC)C(=O)c2ccc(Oc3ccccc3)cc2)c(=O)[nH]c1=O. The number of nitrogens with two attached hydrogens (primary N) is 1. The second kappa shape index (κ2) is 9.80. The molecule has 1 heterocycles. The van der Waals surface area contributed by atoms with Crippen molar-refractivity contribution in [2.75, 3.05) is 17.2 Å². The molecule has 2 aromatic carbocycles. The fourth-order valence-electron chi connectivity index (χ4n) is 3.23. The average Bonchev–Trinajstić information content (AvgIpc) is 2.77. The van der Waals surface area contributed by atoms with E-state index >= 15 is 0 Å². The standard InChI is InChI=1S/C23H26N4O4/c1-3-5-15-27-20(24)19(21(28)25-23(27)30)26(4-2)22(29)16-11-13-18(14-12-16)31-17-9-7-6-8-10-17/h6-14H,3-5,15,24H2,1-2H3,(H,25,28,30). The zero-order valence-corrected chi connectivity index (χ0v) is 17.6. The molecule has 162 valence electrons. The Morgan fingerprint density at radius 2 is 1.68 bits per heavy atom. The maximum absolute atomic E-state index is 13.2. The lowest BCUT2D eigenvalue weighted by molar-refractivity contribution is 0.0988. The Morgan fingerprint density at radius 1 is 1.03 bits per heavy atom. The number of nitrogens with one attached hydrogen (secondary N) is 1. The van der Waals surface area contributed by atoms with Crippen LogP contribution in [0.2, 0.25) is 0 Å². The van der Waals surface area contributed by atoms with Crippen molar-refractivity contribution in [3.05, 3.63) is 81.0 Å². The predicted octanol–water partition coefficient (Wildman–Crippen LogP) is 3.38. The summed E-state index contributed by atoms with van der Waals surface area (Å²) in [5.74, 6) is 0.856. The van der Waals surface area contributed by atoms with Crippen molar-refractivity contribution >= 4 is 17.4 Å². The first kappa shape index (κ1) is 21.9. The Morgan fingerprint density at radius 3 is 2.29 bits per heavy atom. The number of rotatable bonds is 8. The summed E-state index contributed by atoms with van der Waals surface area (Å²) >= 11 is 0. The lowest BCUT2D eigenvalue weighted by atomic mass is 10.1. The van der Waals surface area contributed by atoms with Crippen molar-refractivity contribution in [1.82, 2.24) is 9.55 Å². The maximum atomic E-state index is 13.2. The maximum Gasteiger partial charge on any atom is 0.330 e. The van der Waals surface area contributed by atoms with E-state index in [1.165, 1.54) is 9.47 Å². The van der Waals surface area contributed by atoms with Crippen LogP contribution in [0.1, 0.15) is 37.0 Å². The number of aromatic amines is 1. The number of H-pyrrole nitrogens is 1.